The molecule has 1 aliphatic rings. The van der Waals surface area contributed by atoms with Crippen molar-refractivity contribution >= 4 is 0 Å². The molecule has 0 spiro atoms. The van der Waals surface area contributed by atoms with Crippen LogP contribution in [0.15, 0.2) is 6.07 Å². The summed E-state index contributed by atoms with van der Waals surface area (Å²) >= 11 is 0. The van der Waals surface area contributed by atoms with Gasteiger partial charge in [0.25, 0.3) is 0 Å². The number of nitrogens with zero attached hydrogens (tertiary/aromatic N) is 2. The second kappa shape index (κ2) is 5.46. The molecule has 0 amide bonds. The lowest BCUT2D eigenvalue weighted by Crippen LogP contribution is -2.30. The lowest BCUT2D eigenvalue weighted by molar-refractivity contribution is 0.190. The lowest BCUT2D eigenvalue weighted by atomic mass is 10.2. The number of aromatic nitrogens is 2. The summed E-state index contributed by atoms with van der Waals surface area (Å²) in [5, 5.41) is 7.96. The van der Waals surface area contributed by atoms with Gasteiger partial charge in [-0.05, 0) is 39.3 Å². The third-order valence-corrected chi connectivity index (χ3v) is 3.01. The molecule has 0 radical (unpaired) electrons. The van der Waals surface area contributed by atoms with Gasteiger partial charge < -0.3 is 10.1 Å². The van der Waals surface area contributed by atoms with Gasteiger partial charge in [-0.2, -0.15) is 5.10 Å². The molecule has 1 aromatic heterocycles. The summed E-state index contributed by atoms with van der Waals surface area (Å²) in [5.74, 6) is 0. The van der Waals surface area contributed by atoms with Gasteiger partial charge in [-0.3, -0.25) is 4.68 Å². The minimum Gasteiger partial charge on any atom is -0.380 e. The molecule has 1 aromatic rings. The SMILES string of the molecule is Cc1cc(C)n(CCCNC2CCOC2)n1. The summed E-state index contributed by atoms with van der Waals surface area (Å²) < 4.78 is 7.40. The predicted molar refractivity (Wildman–Crippen MR) is 63.5 cm³/mol. The Labute approximate surface area is 97.0 Å². The van der Waals surface area contributed by atoms with E-state index >= 15 is 0 Å². The first-order valence-corrected chi connectivity index (χ1v) is 6.08. The van der Waals surface area contributed by atoms with Gasteiger partial charge in [0.15, 0.2) is 0 Å². The van der Waals surface area contributed by atoms with Crippen LogP contribution in [0, 0.1) is 13.8 Å². The van der Waals surface area contributed by atoms with Crippen LogP contribution in [0.2, 0.25) is 0 Å². The minimum absolute atomic E-state index is 0.570. The van der Waals surface area contributed by atoms with E-state index in [0.717, 1.165) is 44.8 Å². The van der Waals surface area contributed by atoms with E-state index in [0.29, 0.717) is 6.04 Å². The van der Waals surface area contributed by atoms with Crippen LogP contribution in [0.4, 0.5) is 0 Å². The lowest BCUT2D eigenvalue weighted by Gasteiger charge is -2.10. The maximum absolute atomic E-state index is 5.31. The maximum atomic E-state index is 5.31. The summed E-state index contributed by atoms with van der Waals surface area (Å²) in [6.07, 6.45) is 2.28. The van der Waals surface area contributed by atoms with Gasteiger partial charge in [-0.1, -0.05) is 0 Å². The van der Waals surface area contributed by atoms with E-state index in [-0.39, 0.29) is 0 Å². The van der Waals surface area contributed by atoms with Crippen molar-refractivity contribution in [3.63, 3.8) is 0 Å². The molecule has 1 unspecified atom stereocenters. The number of nitrogens with one attached hydrogen (secondary N) is 1. The van der Waals surface area contributed by atoms with Crippen molar-refractivity contribution in [1.29, 1.82) is 0 Å². The Morgan fingerprint density at radius 2 is 2.44 bits per heavy atom. The molecule has 16 heavy (non-hydrogen) atoms. The van der Waals surface area contributed by atoms with Crippen LogP contribution in [0.3, 0.4) is 0 Å². The van der Waals surface area contributed by atoms with Crippen molar-refractivity contribution in [1.82, 2.24) is 15.1 Å². The monoisotopic (exact) mass is 223 g/mol. The Morgan fingerprint density at radius 3 is 3.06 bits per heavy atom. The summed E-state index contributed by atoms with van der Waals surface area (Å²) in [5.41, 5.74) is 2.36. The third-order valence-electron chi connectivity index (χ3n) is 3.01. The third kappa shape index (κ3) is 3.06. The molecule has 4 heteroatoms. The molecule has 1 atom stereocenters. The van der Waals surface area contributed by atoms with Crippen molar-refractivity contribution in [3.8, 4) is 0 Å². The van der Waals surface area contributed by atoms with E-state index in [4.69, 9.17) is 4.74 Å². The second-order valence-corrected chi connectivity index (χ2v) is 4.52. The first-order valence-electron chi connectivity index (χ1n) is 6.08. The average Bonchev–Trinajstić information content (AvgIpc) is 2.84. The van der Waals surface area contributed by atoms with Gasteiger partial charge in [0.1, 0.15) is 0 Å². The van der Waals surface area contributed by atoms with Crippen LogP contribution in [-0.4, -0.2) is 35.6 Å². The van der Waals surface area contributed by atoms with E-state index < -0.39 is 0 Å². The van der Waals surface area contributed by atoms with Crippen LogP contribution >= 0.6 is 0 Å². The summed E-state index contributed by atoms with van der Waals surface area (Å²) in [4.78, 5) is 0. The molecule has 1 N–H and O–H groups in total. The van der Waals surface area contributed by atoms with Crippen LogP contribution < -0.4 is 5.32 Å². The molecule has 0 aliphatic carbocycles. The quantitative estimate of drug-likeness (QED) is 0.764. The molecule has 1 fully saturated rings. The zero-order chi connectivity index (χ0) is 11.4. The number of aryl methyl sites for hydroxylation is 3. The van der Waals surface area contributed by atoms with Crippen molar-refractivity contribution in [2.75, 3.05) is 19.8 Å². The zero-order valence-electron chi connectivity index (χ0n) is 10.2. The fourth-order valence-corrected chi connectivity index (χ4v) is 2.13. The molecule has 0 aromatic carbocycles. The van der Waals surface area contributed by atoms with Crippen molar-refractivity contribution in [2.45, 2.75) is 39.3 Å². The highest BCUT2D eigenvalue weighted by molar-refractivity contribution is 5.06. The fourth-order valence-electron chi connectivity index (χ4n) is 2.13. The molecule has 0 bridgehead atoms. The minimum atomic E-state index is 0.570. The Balaban J connectivity index is 1.65. The predicted octanol–water partition coefficient (Wildman–Crippen LogP) is 1.27. The maximum Gasteiger partial charge on any atom is 0.0620 e. The van der Waals surface area contributed by atoms with Gasteiger partial charge in [0.05, 0.1) is 12.3 Å². The highest BCUT2D eigenvalue weighted by Crippen LogP contribution is 2.04. The van der Waals surface area contributed by atoms with E-state index in [1.807, 2.05) is 6.92 Å². The van der Waals surface area contributed by atoms with Crippen LogP contribution in [0.5, 0.6) is 0 Å². The molecule has 90 valence electrons. The van der Waals surface area contributed by atoms with Crippen LogP contribution in [-0.2, 0) is 11.3 Å². The van der Waals surface area contributed by atoms with Crippen LogP contribution in [0.1, 0.15) is 24.2 Å². The zero-order valence-corrected chi connectivity index (χ0v) is 10.2. The van der Waals surface area contributed by atoms with Gasteiger partial charge in [-0.25, -0.2) is 0 Å². The normalized spacial score (nSPS) is 20.5. The second-order valence-electron chi connectivity index (χ2n) is 4.52. The summed E-state index contributed by atoms with van der Waals surface area (Å²) in [7, 11) is 0. The fraction of sp³-hybridized carbons (Fsp3) is 0.750. The van der Waals surface area contributed by atoms with E-state index in [1.165, 1.54) is 5.69 Å². The van der Waals surface area contributed by atoms with E-state index in [1.54, 1.807) is 0 Å². The van der Waals surface area contributed by atoms with Gasteiger partial charge in [-0.15, -0.1) is 0 Å². The molecule has 0 saturated carbocycles. The van der Waals surface area contributed by atoms with Gasteiger partial charge in [0.2, 0.25) is 0 Å². The van der Waals surface area contributed by atoms with E-state index in [9.17, 15) is 0 Å². The standard InChI is InChI=1S/C12H21N3O/c1-10-8-11(2)15(14-10)6-3-5-13-12-4-7-16-9-12/h8,12-13H,3-7,9H2,1-2H3. The largest absolute Gasteiger partial charge is 0.380 e. The van der Waals surface area contributed by atoms with E-state index in [2.05, 4.69) is 28.1 Å². The Hall–Kier alpha value is -0.870. The topological polar surface area (TPSA) is 39.1 Å². The molecular weight excluding hydrogens is 202 g/mol. The average molecular weight is 223 g/mol. The number of rotatable bonds is 5. The number of hydrogen-bond acceptors (Lipinski definition) is 3. The molecule has 2 rings (SSSR count). The molecule has 2 heterocycles. The number of hydrogen-bond donors (Lipinski definition) is 1. The smallest absolute Gasteiger partial charge is 0.0620 e. The van der Waals surface area contributed by atoms with Gasteiger partial charge >= 0.3 is 0 Å². The van der Waals surface area contributed by atoms with Crippen LogP contribution in [0.25, 0.3) is 0 Å². The molecule has 1 aliphatic heterocycles. The highest BCUT2D eigenvalue weighted by atomic mass is 16.5. The summed E-state index contributed by atoms with van der Waals surface area (Å²) in [6, 6.07) is 2.69. The molecule has 1 saturated heterocycles. The van der Waals surface area contributed by atoms with Crippen molar-refractivity contribution in [2.24, 2.45) is 0 Å². The first kappa shape index (κ1) is 11.6. The molecular formula is C12H21N3O. The van der Waals surface area contributed by atoms with Crippen molar-refractivity contribution in [3.05, 3.63) is 17.5 Å². The van der Waals surface area contributed by atoms with Crippen molar-refractivity contribution < 1.29 is 4.74 Å². The Morgan fingerprint density at radius 1 is 1.56 bits per heavy atom. The first-order chi connectivity index (χ1) is 7.75. The summed E-state index contributed by atoms with van der Waals surface area (Å²) in [6.45, 7) is 7.98. The highest BCUT2D eigenvalue weighted by Gasteiger charge is 2.13. The molecule has 4 nitrogen and oxygen atoms in total. The number of ether oxygens (including phenoxy) is 1. The Kier molecular flexibility index (Phi) is 3.96. The van der Waals surface area contributed by atoms with Gasteiger partial charge in [0, 0.05) is 24.9 Å². The Bertz CT molecular complexity index is 329.